The van der Waals surface area contributed by atoms with Gasteiger partial charge < -0.3 is 14.8 Å². The van der Waals surface area contributed by atoms with Gasteiger partial charge in [0.2, 0.25) is 0 Å². The Hall–Kier alpha value is -3.60. The van der Waals surface area contributed by atoms with E-state index in [-0.39, 0.29) is 12.2 Å². The molecule has 1 N–H and O–H groups in total. The van der Waals surface area contributed by atoms with Gasteiger partial charge in [0.05, 0.1) is 12.0 Å². The topological polar surface area (TPSA) is 64.6 Å². The molecule has 0 fully saturated rings. The zero-order valence-electron chi connectivity index (χ0n) is 15.4. The summed E-state index contributed by atoms with van der Waals surface area (Å²) < 4.78 is 11.2. The van der Waals surface area contributed by atoms with Crippen molar-refractivity contribution in [2.75, 3.05) is 12.4 Å². The molecule has 3 aromatic rings. The van der Waals surface area contributed by atoms with E-state index < -0.39 is 5.97 Å². The molecule has 0 spiro atoms. The summed E-state index contributed by atoms with van der Waals surface area (Å²) in [6, 6.07) is 19.8. The van der Waals surface area contributed by atoms with Crippen LogP contribution in [-0.2, 0) is 17.8 Å². The number of hydrogen-bond donors (Lipinski definition) is 1. The molecule has 3 aromatic carbocycles. The highest BCUT2D eigenvalue weighted by molar-refractivity contribution is 6.12. The molecule has 1 aliphatic heterocycles. The molecule has 0 radical (unpaired) electrons. The van der Waals surface area contributed by atoms with Crippen molar-refractivity contribution in [3.05, 3.63) is 89.0 Å². The lowest BCUT2D eigenvalue weighted by Gasteiger charge is -2.09. The second-order valence-electron chi connectivity index (χ2n) is 6.53. The highest BCUT2D eigenvalue weighted by Crippen LogP contribution is 2.29. The number of ketones is 1. The van der Waals surface area contributed by atoms with Crippen LogP contribution in [0.4, 0.5) is 5.69 Å². The number of ether oxygens (including phenoxy) is 2. The Morgan fingerprint density at radius 2 is 1.89 bits per heavy atom. The molecule has 1 heterocycles. The average Bonchev–Trinajstić information content (AvgIpc) is 2.85. The first kappa shape index (κ1) is 17.8. The van der Waals surface area contributed by atoms with Crippen LogP contribution in [-0.4, -0.2) is 18.8 Å². The van der Waals surface area contributed by atoms with E-state index in [0.29, 0.717) is 34.8 Å². The summed E-state index contributed by atoms with van der Waals surface area (Å²) in [4.78, 5) is 25.3. The van der Waals surface area contributed by atoms with Gasteiger partial charge in [0, 0.05) is 29.9 Å². The number of hydrogen-bond acceptors (Lipinski definition) is 5. The molecule has 0 saturated heterocycles. The van der Waals surface area contributed by atoms with Gasteiger partial charge in [-0.25, -0.2) is 0 Å². The molecule has 0 amide bonds. The van der Waals surface area contributed by atoms with Crippen LogP contribution >= 0.6 is 0 Å². The summed E-state index contributed by atoms with van der Waals surface area (Å²) in [5.74, 6) is 0.510. The monoisotopic (exact) mass is 373 g/mol. The Morgan fingerprint density at radius 3 is 2.75 bits per heavy atom. The summed E-state index contributed by atoms with van der Waals surface area (Å²) in [7, 11) is 1.80. The third kappa shape index (κ3) is 3.60. The average molecular weight is 373 g/mol. The number of fused-ring (bicyclic) bond motifs is 2. The van der Waals surface area contributed by atoms with E-state index in [2.05, 4.69) is 5.32 Å². The predicted molar refractivity (Wildman–Crippen MR) is 106 cm³/mol. The van der Waals surface area contributed by atoms with Gasteiger partial charge in [0.15, 0.2) is 5.78 Å². The van der Waals surface area contributed by atoms with Gasteiger partial charge in [-0.3, -0.25) is 9.59 Å². The summed E-state index contributed by atoms with van der Waals surface area (Å²) >= 11 is 0. The molecule has 1 aliphatic rings. The maximum atomic E-state index is 12.9. The van der Waals surface area contributed by atoms with E-state index in [0.717, 1.165) is 11.3 Å². The van der Waals surface area contributed by atoms with Crippen molar-refractivity contribution in [2.45, 2.75) is 13.0 Å². The SMILES string of the molecule is CNc1cccc(OC(=O)Cc2ccc3c(c2)C(=O)c2ccccc2CO3)c1. The molecular weight excluding hydrogens is 354 g/mol. The van der Waals surface area contributed by atoms with Crippen LogP contribution in [0.3, 0.4) is 0 Å². The van der Waals surface area contributed by atoms with E-state index in [1.807, 2.05) is 30.3 Å². The van der Waals surface area contributed by atoms with Crippen LogP contribution in [0.15, 0.2) is 66.7 Å². The Labute approximate surface area is 162 Å². The fraction of sp³-hybridized carbons (Fsp3) is 0.130. The van der Waals surface area contributed by atoms with Crippen LogP contribution < -0.4 is 14.8 Å². The fourth-order valence-electron chi connectivity index (χ4n) is 3.21. The second-order valence-corrected chi connectivity index (χ2v) is 6.53. The highest BCUT2D eigenvalue weighted by atomic mass is 16.5. The lowest BCUT2D eigenvalue weighted by Crippen LogP contribution is -2.12. The van der Waals surface area contributed by atoms with Crippen molar-refractivity contribution >= 4 is 17.4 Å². The number of anilines is 1. The van der Waals surface area contributed by atoms with Gasteiger partial charge in [0.1, 0.15) is 18.1 Å². The van der Waals surface area contributed by atoms with Gasteiger partial charge in [-0.2, -0.15) is 0 Å². The van der Waals surface area contributed by atoms with Gasteiger partial charge >= 0.3 is 5.97 Å². The first-order valence-corrected chi connectivity index (χ1v) is 9.01. The first-order chi connectivity index (χ1) is 13.6. The Bertz CT molecular complexity index is 1060. The molecule has 5 nitrogen and oxygen atoms in total. The summed E-state index contributed by atoms with van der Waals surface area (Å²) in [6.07, 6.45) is 0.0615. The molecule has 0 unspecified atom stereocenters. The summed E-state index contributed by atoms with van der Waals surface area (Å²) in [5.41, 5.74) is 3.51. The van der Waals surface area contributed by atoms with Crippen molar-refractivity contribution in [3.8, 4) is 11.5 Å². The van der Waals surface area contributed by atoms with E-state index in [1.54, 1.807) is 43.4 Å². The molecule has 4 rings (SSSR count). The van der Waals surface area contributed by atoms with E-state index >= 15 is 0 Å². The molecule has 5 heteroatoms. The smallest absolute Gasteiger partial charge is 0.315 e. The van der Waals surface area contributed by atoms with Crippen LogP contribution in [0.2, 0.25) is 0 Å². The van der Waals surface area contributed by atoms with E-state index in [1.165, 1.54) is 0 Å². The quantitative estimate of drug-likeness (QED) is 0.553. The van der Waals surface area contributed by atoms with Gasteiger partial charge in [-0.15, -0.1) is 0 Å². The van der Waals surface area contributed by atoms with E-state index in [4.69, 9.17) is 9.47 Å². The molecular formula is C23H19NO4. The molecule has 28 heavy (non-hydrogen) atoms. The fourth-order valence-corrected chi connectivity index (χ4v) is 3.21. The lowest BCUT2D eigenvalue weighted by atomic mass is 9.97. The third-order valence-electron chi connectivity index (χ3n) is 4.64. The van der Waals surface area contributed by atoms with Crippen LogP contribution in [0, 0.1) is 0 Å². The Kier molecular flexibility index (Phi) is 4.81. The normalized spacial score (nSPS) is 12.2. The van der Waals surface area contributed by atoms with Gasteiger partial charge in [-0.05, 0) is 29.8 Å². The predicted octanol–water partition coefficient (Wildman–Crippen LogP) is 4.00. The van der Waals surface area contributed by atoms with Crippen molar-refractivity contribution in [1.29, 1.82) is 0 Å². The number of nitrogens with one attached hydrogen (secondary N) is 1. The van der Waals surface area contributed by atoms with Crippen molar-refractivity contribution < 1.29 is 19.1 Å². The van der Waals surface area contributed by atoms with Crippen molar-refractivity contribution in [1.82, 2.24) is 0 Å². The van der Waals surface area contributed by atoms with Crippen molar-refractivity contribution in [3.63, 3.8) is 0 Å². The zero-order chi connectivity index (χ0) is 19.5. The van der Waals surface area contributed by atoms with E-state index in [9.17, 15) is 9.59 Å². The standard InChI is InChI=1S/C23H19NO4/c1-24-17-6-4-7-18(13-17)28-22(25)12-15-9-10-21-20(11-15)23(26)19-8-3-2-5-16(19)14-27-21/h2-11,13,24H,12,14H2,1H3. The Balaban J connectivity index is 1.54. The summed E-state index contributed by atoms with van der Waals surface area (Å²) in [6.45, 7) is 0.345. The number of carbonyl (C=O) groups excluding carboxylic acids is 2. The van der Waals surface area contributed by atoms with Gasteiger partial charge in [-0.1, -0.05) is 36.4 Å². The molecule has 0 bridgehead atoms. The zero-order valence-corrected chi connectivity index (χ0v) is 15.4. The maximum absolute atomic E-state index is 12.9. The molecule has 0 atom stereocenters. The minimum Gasteiger partial charge on any atom is -0.488 e. The number of benzene rings is 3. The van der Waals surface area contributed by atoms with Crippen LogP contribution in [0.25, 0.3) is 0 Å². The maximum Gasteiger partial charge on any atom is 0.315 e. The number of rotatable bonds is 4. The third-order valence-corrected chi connectivity index (χ3v) is 4.64. The second kappa shape index (κ2) is 7.56. The molecule has 140 valence electrons. The highest BCUT2D eigenvalue weighted by Gasteiger charge is 2.22. The molecule has 0 aromatic heterocycles. The summed E-state index contributed by atoms with van der Waals surface area (Å²) in [5, 5.41) is 3.00. The van der Waals surface area contributed by atoms with Gasteiger partial charge in [0.25, 0.3) is 0 Å². The number of esters is 1. The molecule has 0 aliphatic carbocycles. The first-order valence-electron chi connectivity index (χ1n) is 9.01. The largest absolute Gasteiger partial charge is 0.488 e. The van der Waals surface area contributed by atoms with Crippen molar-refractivity contribution in [2.24, 2.45) is 0 Å². The minimum atomic E-state index is -0.393. The van der Waals surface area contributed by atoms with Crippen LogP contribution in [0.1, 0.15) is 27.0 Å². The lowest BCUT2D eigenvalue weighted by molar-refractivity contribution is -0.133. The number of carbonyl (C=O) groups is 2. The Morgan fingerprint density at radius 1 is 1.04 bits per heavy atom. The van der Waals surface area contributed by atoms with Crippen LogP contribution in [0.5, 0.6) is 11.5 Å². The molecule has 0 saturated carbocycles. The minimum absolute atomic E-state index is 0.0615.